The van der Waals surface area contributed by atoms with Crippen LogP contribution in [0.5, 0.6) is 0 Å². The molecule has 1 saturated heterocycles. The van der Waals surface area contributed by atoms with Crippen molar-refractivity contribution in [3.8, 4) is 0 Å². The van der Waals surface area contributed by atoms with E-state index in [-0.39, 0.29) is 11.3 Å². The van der Waals surface area contributed by atoms with Crippen molar-refractivity contribution in [1.29, 1.82) is 0 Å². The third-order valence-electron chi connectivity index (χ3n) is 9.37. The van der Waals surface area contributed by atoms with E-state index in [2.05, 4.69) is 51.8 Å². The molecule has 50 heavy (non-hydrogen) atoms. The summed E-state index contributed by atoms with van der Waals surface area (Å²) in [6.45, 7) is 1.51. The van der Waals surface area contributed by atoms with Crippen molar-refractivity contribution in [2.24, 2.45) is 0 Å². The molecule has 0 bridgehead atoms. The average Bonchev–Trinajstić information content (AvgIpc) is 3.86. The molecule has 0 amide bonds. The van der Waals surface area contributed by atoms with E-state index in [0.29, 0.717) is 43.6 Å². The number of nitrogens with zero attached hydrogens (tertiary/aromatic N) is 4. The van der Waals surface area contributed by atoms with Crippen LogP contribution in [0, 0.1) is 0 Å². The number of ether oxygens (including phenoxy) is 4. The fourth-order valence-electron chi connectivity index (χ4n) is 6.92. The largest absolute Gasteiger partial charge is 0.374 e. The highest BCUT2D eigenvalue weighted by Gasteiger charge is 2.48. The van der Waals surface area contributed by atoms with Crippen LogP contribution in [-0.2, 0) is 45.2 Å². The van der Waals surface area contributed by atoms with Crippen molar-refractivity contribution in [2.45, 2.75) is 63.1 Å². The molecule has 2 aromatic heterocycles. The number of fused-ring (bicyclic) bond motifs is 2. The summed E-state index contributed by atoms with van der Waals surface area (Å²) in [7, 11) is 0. The molecule has 0 radical (unpaired) electrons. The van der Waals surface area contributed by atoms with Crippen LogP contribution < -0.4 is 5.32 Å². The minimum atomic E-state index is -0.592. The lowest BCUT2D eigenvalue weighted by Crippen LogP contribution is -2.38. The number of hydrogen-bond acceptors (Lipinski definition) is 8. The topological polar surface area (TPSA) is 92.0 Å². The summed E-state index contributed by atoms with van der Waals surface area (Å²) >= 11 is 6.60. The zero-order chi connectivity index (χ0) is 33.7. The number of rotatable bonds is 13. The molecule has 0 spiro atoms. The highest BCUT2D eigenvalue weighted by molar-refractivity contribution is 6.28. The third-order valence-corrected chi connectivity index (χ3v) is 9.53. The average molecular weight is 688 g/mol. The first-order chi connectivity index (χ1) is 24.7. The minimum Gasteiger partial charge on any atom is -0.374 e. The molecule has 5 atom stereocenters. The lowest BCUT2D eigenvalue weighted by Gasteiger charge is -2.25. The Labute approximate surface area is 296 Å². The molecule has 8 rings (SSSR count). The summed E-state index contributed by atoms with van der Waals surface area (Å²) in [6.07, 6.45) is 1.71. The number of anilines is 1. The molecule has 254 valence electrons. The van der Waals surface area contributed by atoms with Crippen LogP contribution in [0.25, 0.3) is 5.65 Å². The number of halogens is 1. The molecule has 6 aromatic rings. The molecule has 10 heteroatoms. The highest BCUT2D eigenvalue weighted by Crippen LogP contribution is 2.40. The van der Waals surface area contributed by atoms with E-state index in [1.54, 1.807) is 10.7 Å². The summed E-state index contributed by atoms with van der Waals surface area (Å²) in [5, 5.41) is 8.33. The van der Waals surface area contributed by atoms with Gasteiger partial charge in [-0.15, -0.1) is 5.10 Å². The van der Waals surface area contributed by atoms with Gasteiger partial charge in [0.1, 0.15) is 24.4 Å². The second-order valence-electron chi connectivity index (χ2n) is 12.7. The number of nitrogens with one attached hydrogen (secondary N) is 1. The molecule has 4 aromatic carbocycles. The normalized spacial score (nSPS) is 21.4. The Bertz CT molecular complexity index is 2010. The molecule has 1 fully saturated rings. The maximum absolute atomic E-state index is 6.85. The summed E-state index contributed by atoms with van der Waals surface area (Å²) in [5.41, 5.74) is 7.03. The minimum absolute atomic E-state index is 0.0905. The van der Waals surface area contributed by atoms with Gasteiger partial charge in [0.25, 0.3) is 0 Å². The smallest absolute Gasteiger partial charge is 0.243 e. The van der Waals surface area contributed by atoms with Crippen molar-refractivity contribution >= 4 is 23.1 Å². The first kappa shape index (κ1) is 32.6. The van der Waals surface area contributed by atoms with Gasteiger partial charge in [-0.1, -0.05) is 115 Å². The van der Waals surface area contributed by atoms with Gasteiger partial charge in [-0.05, 0) is 52.3 Å². The summed E-state index contributed by atoms with van der Waals surface area (Å²) in [5.74, 6) is 0.567. The van der Waals surface area contributed by atoms with E-state index >= 15 is 0 Å². The summed E-state index contributed by atoms with van der Waals surface area (Å²) in [4.78, 5) is 9.39. The van der Waals surface area contributed by atoms with Crippen LogP contribution in [0.4, 0.5) is 5.82 Å². The lowest BCUT2D eigenvalue weighted by molar-refractivity contribution is -0.0898. The Morgan fingerprint density at radius 3 is 2.08 bits per heavy atom. The van der Waals surface area contributed by atoms with E-state index in [0.717, 1.165) is 29.5 Å². The van der Waals surface area contributed by atoms with Crippen LogP contribution in [-0.4, -0.2) is 44.5 Å². The van der Waals surface area contributed by atoms with Gasteiger partial charge in [0.15, 0.2) is 11.5 Å². The van der Waals surface area contributed by atoms with Gasteiger partial charge < -0.3 is 24.3 Å². The molecule has 0 unspecified atom stereocenters. The maximum Gasteiger partial charge on any atom is 0.243 e. The molecule has 0 saturated carbocycles. The van der Waals surface area contributed by atoms with Crippen LogP contribution >= 0.6 is 11.6 Å². The molecule has 3 heterocycles. The predicted molar refractivity (Wildman–Crippen MR) is 191 cm³/mol. The van der Waals surface area contributed by atoms with E-state index < -0.39 is 24.4 Å². The predicted octanol–water partition coefficient (Wildman–Crippen LogP) is 7.70. The highest BCUT2D eigenvalue weighted by atomic mass is 35.5. The number of imidazole rings is 1. The first-order valence-corrected chi connectivity index (χ1v) is 17.4. The monoisotopic (exact) mass is 687 g/mol. The van der Waals surface area contributed by atoms with E-state index in [4.69, 9.17) is 35.5 Å². The fraction of sp³-hybridized carbons (Fsp3) is 0.275. The van der Waals surface area contributed by atoms with Crippen molar-refractivity contribution < 1.29 is 18.9 Å². The Balaban J connectivity index is 1.12. The van der Waals surface area contributed by atoms with Gasteiger partial charge in [-0.3, -0.25) is 0 Å². The first-order valence-electron chi connectivity index (χ1n) is 17.0. The van der Waals surface area contributed by atoms with Crippen LogP contribution in [0.3, 0.4) is 0 Å². The second-order valence-corrected chi connectivity index (χ2v) is 13.0. The fourth-order valence-corrected chi connectivity index (χ4v) is 7.08. The number of aryl methyl sites for hydroxylation is 1. The molecular weight excluding hydrogens is 650 g/mol. The van der Waals surface area contributed by atoms with Gasteiger partial charge in [0.2, 0.25) is 5.28 Å². The Morgan fingerprint density at radius 1 is 0.760 bits per heavy atom. The van der Waals surface area contributed by atoms with Gasteiger partial charge in [-0.2, -0.15) is 4.98 Å². The zero-order valence-electron chi connectivity index (χ0n) is 27.5. The van der Waals surface area contributed by atoms with E-state index in [1.807, 2.05) is 78.9 Å². The zero-order valence-corrected chi connectivity index (χ0v) is 28.2. The second kappa shape index (κ2) is 15.1. The van der Waals surface area contributed by atoms with Crippen molar-refractivity contribution in [3.63, 3.8) is 0 Å². The lowest BCUT2D eigenvalue weighted by atomic mass is 10.0. The quantitative estimate of drug-likeness (QED) is 0.132. The number of hydrogen-bond donors (Lipinski definition) is 1. The van der Waals surface area contributed by atoms with E-state index in [1.165, 1.54) is 11.1 Å². The Morgan fingerprint density at radius 2 is 1.38 bits per heavy atom. The molecular formula is C40H38ClN5O4. The maximum atomic E-state index is 6.85. The number of aromatic nitrogens is 4. The number of benzene rings is 4. The molecule has 9 nitrogen and oxygen atoms in total. The van der Waals surface area contributed by atoms with Crippen molar-refractivity contribution in [2.75, 3.05) is 11.9 Å². The van der Waals surface area contributed by atoms with Gasteiger partial charge in [0.05, 0.1) is 44.4 Å². The van der Waals surface area contributed by atoms with Crippen LogP contribution in [0.2, 0.25) is 5.28 Å². The summed E-state index contributed by atoms with van der Waals surface area (Å²) < 4.78 is 28.3. The van der Waals surface area contributed by atoms with E-state index in [9.17, 15) is 0 Å². The van der Waals surface area contributed by atoms with Crippen molar-refractivity contribution in [3.05, 3.63) is 160 Å². The van der Waals surface area contributed by atoms with Crippen molar-refractivity contribution in [1.82, 2.24) is 19.6 Å². The molecule has 1 N–H and O–H groups in total. The summed E-state index contributed by atoms with van der Waals surface area (Å²) in [6, 6.07) is 38.9. The Kier molecular flexibility index (Phi) is 9.82. The molecule has 1 aliphatic heterocycles. The SMILES string of the molecule is Clc1nc(N[C@H]2CCc3ccccc32)c2ncc([C@@H]3O[C@H](COCc4ccccc4)[C@@H](OCc4ccccc4)[C@H]3OCc3ccccc3)n2n1. The van der Waals surface area contributed by atoms with Gasteiger partial charge in [-0.25, -0.2) is 9.50 Å². The Hall–Kier alpha value is -4.64. The van der Waals surface area contributed by atoms with Crippen LogP contribution in [0.15, 0.2) is 121 Å². The molecule has 1 aliphatic carbocycles. The van der Waals surface area contributed by atoms with Gasteiger partial charge in [0, 0.05) is 0 Å². The van der Waals surface area contributed by atoms with Gasteiger partial charge >= 0.3 is 0 Å². The third kappa shape index (κ3) is 7.14. The molecule has 2 aliphatic rings. The van der Waals surface area contributed by atoms with Crippen LogP contribution in [0.1, 0.15) is 52.1 Å². The standard InChI is InChI=1S/C40H38ClN5O4/c41-40-44-38(43-32-21-20-30-18-10-11-19-31(30)32)39-42-22-33(46(39)45-40)35-37(49-25-29-16-8-3-9-17-29)36(48-24-28-14-6-2-7-15-28)34(50-35)26-47-23-27-12-4-1-5-13-27/h1-19,22,32,34-37H,20-21,23-26H2,(H,43,44,45)/t32-,34+,35-,36+,37-/m0/s1.